The first-order valence-corrected chi connectivity index (χ1v) is 11.6. The highest BCUT2D eigenvalue weighted by atomic mass is 35.5. The molecule has 4 heterocycles. The lowest BCUT2D eigenvalue weighted by Crippen LogP contribution is -2.15. The molecule has 1 N–H and O–H groups in total. The van der Waals surface area contributed by atoms with Crippen molar-refractivity contribution >= 4 is 29.5 Å². The molecule has 0 amide bonds. The molecule has 4 aromatic rings. The number of nitrogens with one attached hydrogen (secondary N) is 1. The lowest BCUT2D eigenvalue weighted by Gasteiger charge is -2.20. The Morgan fingerprint density at radius 2 is 1.82 bits per heavy atom. The van der Waals surface area contributed by atoms with Gasteiger partial charge < -0.3 is 9.47 Å². The fourth-order valence-corrected chi connectivity index (χ4v) is 4.06. The van der Waals surface area contributed by atoms with Crippen LogP contribution in [0.15, 0.2) is 36.9 Å². The Bertz CT molecular complexity index is 1240. The van der Waals surface area contributed by atoms with Crippen LogP contribution in [0.5, 0.6) is 11.6 Å². The molecular formula is C21H24ClN9O2S. The minimum absolute atomic E-state index is 0.0452. The molecule has 0 aromatic carbocycles. The van der Waals surface area contributed by atoms with E-state index in [9.17, 15) is 0 Å². The van der Waals surface area contributed by atoms with E-state index in [0.29, 0.717) is 45.6 Å². The highest BCUT2D eigenvalue weighted by Gasteiger charge is 2.26. The van der Waals surface area contributed by atoms with Crippen molar-refractivity contribution in [2.45, 2.75) is 25.0 Å². The molecule has 13 heteroatoms. The van der Waals surface area contributed by atoms with E-state index in [1.807, 2.05) is 19.3 Å². The van der Waals surface area contributed by atoms with Crippen molar-refractivity contribution in [2.24, 2.45) is 7.05 Å². The number of methoxy groups -OCH3 is 2. The van der Waals surface area contributed by atoms with Gasteiger partial charge >= 0.3 is 0 Å². The average molecular weight is 502 g/mol. The van der Waals surface area contributed by atoms with Crippen LogP contribution in [0.2, 0.25) is 5.02 Å². The minimum atomic E-state index is 0.0452. The monoisotopic (exact) mass is 501 g/mol. The predicted octanol–water partition coefficient (Wildman–Crippen LogP) is 3.78. The van der Waals surface area contributed by atoms with Crippen molar-refractivity contribution in [2.75, 3.05) is 18.9 Å². The Balaban J connectivity index is 1.70. The van der Waals surface area contributed by atoms with Gasteiger partial charge in [0, 0.05) is 49.1 Å². The lowest BCUT2D eigenvalue weighted by molar-refractivity contribution is 0.379. The third-order valence-electron chi connectivity index (χ3n) is 5.18. The van der Waals surface area contributed by atoms with Gasteiger partial charge in [0.1, 0.15) is 17.3 Å². The number of rotatable bonds is 9. The molecule has 0 aliphatic rings. The number of pyridine rings is 1. The minimum Gasteiger partial charge on any atom is -0.494 e. The topological polar surface area (TPSA) is 118 Å². The zero-order valence-electron chi connectivity index (χ0n) is 19.3. The number of ether oxygens (including phenoxy) is 2. The molecule has 4 aromatic heterocycles. The Hall–Kier alpha value is -3.38. The van der Waals surface area contributed by atoms with Crippen molar-refractivity contribution in [3.8, 4) is 28.8 Å². The summed E-state index contributed by atoms with van der Waals surface area (Å²) >= 11 is 7.40. The van der Waals surface area contributed by atoms with Crippen LogP contribution in [0.3, 0.4) is 0 Å². The molecule has 0 fully saturated rings. The van der Waals surface area contributed by atoms with Crippen molar-refractivity contribution in [3.05, 3.63) is 47.8 Å². The van der Waals surface area contributed by atoms with Crippen LogP contribution in [0.1, 0.15) is 25.6 Å². The van der Waals surface area contributed by atoms with E-state index >= 15 is 0 Å². The maximum atomic E-state index is 5.92. The van der Waals surface area contributed by atoms with E-state index in [4.69, 9.17) is 21.1 Å². The summed E-state index contributed by atoms with van der Waals surface area (Å²) < 4.78 is 18.0. The second-order valence-corrected chi connectivity index (χ2v) is 9.02. The number of halogens is 1. The van der Waals surface area contributed by atoms with Crippen LogP contribution in [0.25, 0.3) is 17.2 Å². The normalized spacial score (nSPS) is 12.9. The van der Waals surface area contributed by atoms with Gasteiger partial charge in [0.25, 0.3) is 0 Å². The van der Waals surface area contributed by atoms with Gasteiger partial charge in [0.2, 0.25) is 11.8 Å². The van der Waals surface area contributed by atoms with Crippen LogP contribution < -0.4 is 14.2 Å². The van der Waals surface area contributed by atoms with Gasteiger partial charge in [0.05, 0.1) is 19.2 Å². The van der Waals surface area contributed by atoms with Crippen molar-refractivity contribution in [1.82, 2.24) is 39.5 Å². The van der Waals surface area contributed by atoms with Gasteiger partial charge in [0.15, 0.2) is 11.5 Å². The van der Waals surface area contributed by atoms with Gasteiger partial charge in [-0.05, 0) is 18.0 Å². The Morgan fingerprint density at radius 3 is 2.47 bits per heavy atom. The van der Waals surface area contributed by atoms with E-state index in [2.05, 4.69) is 48.8 Å². The molecule has 0 radical (unpaired) electrons. The van der Waals surface area contributed by atoms with Gasteiger partial charge in [-0.25, -0.2) is 15.0 Å². The lowest BCUT2D eigenvalue weighted by atomic mass is 10.1. The Labute approximate surface area is 206 Å². The molecule has 0 spiro atoms. The summed E-state index contributed by atoms with van der Waals surface area (Å²) in [7, 11) is 4.97. The van der Waals surface area contributed by atoms with Gasteiger partial charge in [-0.1, -0.05) is 25.4 Å². The van der Waals surface area contributed by atoms with Crippen LogP contribution in [-0.4, -0.2) is 59.0 Å². The van der Waals surface area contributed by atoms with Gasteiger partial charge in [-0.2, -0.15) is 5.10 Å². The molecule has 0 bridgehead atoms. The van der Waals surface area contributed by atoms with Gasteiger partial charge in [-0.15, -0.1) is 10.2 Å². The number of hydrogen-bond donors (Lipinski definition) is 1. The smallest absolute Gasteiger partial charge is 0.242 e. The van der Waals surface area contributed by atoms with E-state index < -0.39 is 0 Å². The highest BCUT2D eigenvalue weighted by molar-refractivity contribution is 8.01. The molecule has 0 aliphatic carbocycles. The summed E-state index contributed by atoms with van der Waals surface area (Å²) in [6.45, 7) is 4.13. The Morgan fingerprint density at radius 1 is 1.06 bits per heavy atom. The maximum absolute atomic E-state index is 5.92. The molecule has 4 rings (SSSR count). The summed E-state index contributed by atoms with van der Waals surface area (Å²) in [5.74, 6) is 2.64. The summed E-state index contributed by atoms with van der Waals surface area (Å²) in [6, 6.07) is 3.61. The van der Waals surface area contributed by atoms with Crippen LogP contribution in [0, 0.1) is 0 Å². The Kier molecular flexibility index (Phi) is 7.17. The first-order chi connectivity index (χ1) is 16.4. The predicted molar refractivity (Wildman–Crippen MR) is 131 cm³/mol. The molecule has 2 atom stereocenters. The van der Waals surface area contributed by atoms with Crippen LogP contribution >= 0.6 is 23.5 Å². The molecule has 0 saturated carbocycles. The van der Waals surface area contributed by atoms with E-state index in [1.54, 1.807) is 48.1 Å². The summed E-state index contributed by atoms with van der Waals surface area (Å²) in [6.07, 6.45) is 6.65. The number of aromatic nitrogens is 8. The maximum Gasteiger partial charge on any atom is 0.242 e. The van der Waals surface area contributed by atoms with Crippen LogP contribution in [0.4, 0.5) is 5.95 Å². The summed E-state index contributed by atoms with van der Waals surface area (Å²) in [4.78, 5) is 13.0. The molecule has 0 aliphatic heterocycles. The summed E-state index contributed by atoms with van der Waals surface area (Å²) in [5, 5.41) is 13.9. The summed E-state index contributed by atoms with van der Waals surface area (Å²) in [5.41, 5.74) is 1.19. The van der Waals surface area contributed by atoms with E-state index in [0.717, 1.165) is 0 Å². The molecule has 178 valence electrons. The third kappa shape index (κ3) is 4.77. The molecule has 2 unspecified atom stereocenters. The molecule has 0 saturated heterocycles. The molecule has 11 nitrogen and oxygen atoms in total. The second kappa shape index (κ2) is 10.3. The number of aryl methyl sites for hydroxylation is 1. The van der Waals surface area contributed by atoms with E-state index in [1.165, 1.54) is 11.9 Å². The zero-order valence-corrected chi connectivity index (χ0v) is 20.9. The number of anilines is 1. The van der Waals surface area contributed by atoms with Crippen molar-refractivity contribution < 1.29 is 9.47 Å². The van der Waals surface area contributed by atoms with Crippen molar-refractivity contribution in [3.63, 3.8) is 0 Å². The fourth-order valence-electron chi connectivity index (χ4n) is 3.22. The third-order valence-corrected chi connectivity index (χ3v) is 6.46. The van der Waals surface area contributed by atoms with Crippen molar-refractivity contribution in [1.29, 1.82) is 0 Å². The number of hydrogen-bond acceptors (Lipinski definition) is 10. The number of nitrogens with zero attached hydrogens (tertiary/aromatic N) is 8. The highest BCUT2D eigenvalue weighted by Crippen LogP contribution is 2.37. The first kappa shape index (κ1) is 23.8. The molecular weight excluding hydrogens is 478 g/mol. The average Bonchev–Trinajstić information content (AvgIpc) is 3.47. The zero-order chi connectivity index (χ0) is 24.2. The first-order valence-electron chi connectivity index (χ1n) is 10.3. The second-order valence-electron chi connectivity index (χ2n) is 7.40. The standard InChI is InChI=1S/C21H24ClN9O2S/c1-12(18-24-10-14(22)11-25-18)13(2)34-29-21-27-26-19(15-7-9-30(3)28-15)31(21)17-16(32-4)6-8-23-20(17)33-5/h6-13H,1-5H3,(H,27,29). The fraction of sp³-hybridized carbons (Fsp3) is 0.333. The largest absolute Gasteiger partial charge is 0.494 e. The van der Waals surface area contributed by atoms with Crippen LogP contribution in [-0.2, 0) is 7.05 Å². The van der Waals surface area contributed by atoms with Gasteiger partial charge in [-0.3, -0.25) is 14.0 Å². The molecule has 34 heavy (non-hydrogen) atoms. The SMILES string of the molecule is COc1ccnc(OC)c1-n1c(NSC(C)C(C)c2ncc(Cl)cn2)nnc1-c1ccn(C)n1. The quantitative estimate of drug-likeness (QED) is 0.339. The van der Waals surface area contributed by atoms with E-state index in [-0.39, 0.29) is 11.2 Å².